The van der Waals surface area contributed by atoms with Gasteiger partial charge >= 0.3 is 0 Å². The number of hydrogen-bond donors (Lipinski definition) is 1. The molecule has 2 N–H and O–H groups in total. The van der Waals surface area contributed by atoms with E-state index in [4.69, 9.17) is 10.5 Å². The highest BCUT2D eigenvalue weighted by atomic mass is 35.5. The number of rotatable bonds is 2. The van der Waals surface area contributed by atoms with E-state index in [0.717, 1.165) is 11.4 Å². The maximum atomic E-state index is 11.5. The van der Waals surface area contributed by atoms with Crippen LogP contribution in [0.25, 0.3) is 0 Å². The number of carbonyl (C=O) groups excluding carboxylic acids is 1. The number of fused-ring (bicyclic) bond motifs is 1. The normalized spacial score (nSPS) is 13.9. The van der Waals surface area contributed by atoms with Crippen LogP contribution < -0.4 is 15.4 Å². The molecule has 0 unspecified atom stereocenters. The molecule has 15 heavy (non-hydrogen) atoms. The van der Waals surface area contributed by atoms with Crippen molar-refractivity contribution in [3.8, 4) is 5.75 Å². The molecule has 0 spiro atoms. The number of anilines is 1. The summed E-state index contributed by atoms with van der Waals surface area (Å²) in [6.45, 7) is 1.11. The second kappa shape index (κ2) is 5.00. The van der Waals surface area contributed by atoms with Crippen LogP contribution >= 0.6 is 12.4 Å². The molecule has 0 aliphatic carbocycles. The lowest BCUT2D eigenvalue weighted by atomic mass is 10.2. The Hall–Kier alpha value is -1.26. The Balaban J connectivity index is 0.00000112. The van der Waals surface area contributed by atoms with Crippen molar-refractivity contribution < 1.29 is 9.53 Å². The van der Waals surface area contributed by atoms with Gasteiger partial charge < -0.3 is 15.4 Å². The number of benzene rings is 1. The van der Waals surface area contributed by atoms with Crippen molar-refractivity contribution >= 4 is 24.0 Å². The molecule has 0 radical (unpaired) electrons. The van der Waals surface area contributed by atoms with Crippen LogP contribution in [0.3, 0.4) is 0 Å². The van der Waals surface area contributed by atoms with Crippen molar-refractivity contribution in [3.63, 3.8) is 0 Å². The predicted molar refractivity (Wildman–Crippen MR) is 60.6 cm³/mol. The fraction of sp³-hybridized carbons (Fsp3) is 0.300. The highest BCUT2D eigenvalue weighted by Gasteiger charge is 2.23. The Bertz CT molecular complexity index is 357. The topological polar surface area (TPSA) is 55.6 Å². The largest absolute Gasteiger partial charge is 0.482 e. The average Bonchev–Trinajstić information content (AvgIpc) is 2.23. The first-order valence-corrected chi connectivity index (χ1v) is 4.55. The standard InChI is InChI=1S/C10H12N2O2.ClH/c11-5-6-12-8-3-1-2-4-9(8)14-7-10(12)13;/h1-4H,5-7,11H2;1H. The van der Waals surface area contributed by atoms with E-state index in [2.05, 4.69) is 0 Å². The SMILES string of the molecule is Cl.NCCN1C(=O)COc2ccccc21. The zero-order chi connectivity index (χ0) is 9.97. The molecule has 0 atom stereocenters. The number of nitrogens with zero attached hydrogens (tertiary/aromatic N) is 1. The first-order chi connectivity index (χ1) is 6.83. The van der Waals surface area contributed by atoms with Gasteiger partial charge in [-0.1, -0.05) is 12.1 Å². The van der Waals surface area contributed by atoms with Gasteiger partial charge in [0, 0.05) is 13.1 Å². The molecule has 1 aliphatic rings. The smallest absolute Gasteiger partial charge is 0.265 e. The first kappa shape index (κ1) is 11.8. The van der Waals surface area contributed by atoms with Crippen LogP contribution in [0.2, 0.25) is 0 Å². The van der Waals surface area contributed by atoms with E-state index in [1.165, 1.54) is 0 Å². The summed E-state index contributed by atoms with van der Waals surface area (Å²) in [5.74, 6) is 0.717. The molecule has 0 bridgehead atoms. The molecule has 1 aromatic rings. The van der Waals surface area contributed by atoms with Crippen molar-refractivity contribution in [2.45, 2.75) is 0 Å². The van der Waals surface area contributed by atoms with Crippen molar-refractivity contribution in [2.75, 3.05) is 24.6 Å². The lowest BCUT2D eigenvalue weighted by Crippen LogP contribution is -2.41. The molecule has 5 heteroatoms. The summed E-state index contributed by atoms with van der Waals surface area (Å²) < 4.78 is 5.28. The maximum absolute atomic E-state index is 11.5. The predicted octanol–water partition coefficient (Wildman–Crippen LogP) is 0.792. The van der Waals surface area contributed by atoms with Gasteiger partial charge in [-0.25, -0.2) is 0 Å². The van der Waals surface area contributed by atoms with Gasteiger partial charge in [-0.05, 0) is 12.1 Å². The second-order valence-corrected chi connectivity index (χ2v) is 3.09. The molecule has 1 amide bonds. The van der Waals surface area contributed by atoms with E-state index < -0.39 is 0 Å². The van der Waals surface area contributed by atoms with Gasteiger partial charge in [-0.15, -0.1) is 12.4 Å². The highest BCUT2D eigenvalue weighted by molar-refractivity contribution is 5.97. The zero-order valence-electron chi connectivity index (χ0n) is 8.18. The minimum absolute atomic E-state index is 0. The van der Waals surface area contributed by atoms with Crippen LogP contribution in [0.4, 0.5) is 5.69 Å². The third-order valence-electron chi connectivity index (χ3n) is 2.16. The number of nitrogens with two attached hydrogens (primary N) is 1. The average molecular weight is 229 g/mol. The molecule has 1 aromatic carbocycles. The summed E-state index contributed by atoms with van der Waals surface area (Å²) >= 11 is 0. The first-order valence-electron chi connectivity index (χ1n) is 4.55. The summed E-state index contributed by atoms with van der Waals surface area (Å²) in [4.78, 5) is 13.2. The van der Waals surface area contributed by atoms with E-state index >= 15 is 0 Å². The number of ether oxygens (including phenoxy) is 1. The summed E-state index contributed by atoms with van der Waals surface area (Å²) in [6.07, 6.45) is 0. The van der Waals surface area contributed by atoms with Crippen LogP contribution in [-0.4, -0.2) is 25.6 Å². The monoisotopic (exact) mass is 228 g/mol. The molecule has 1 heterocycles. The molecule has 2 rings (SSSR count). The summed E-state index contributed by atoms with van der Waals surface area (Å²) in [7, 11) is 0. The van der Waals surface area contributed by atoms with E-state index in [0.29, 0.717) is 13.1 Å². The number of carbonyl (C=O) groups is 1. The third kappa shape index (κ3) is 2.22. The Morgan fingerprint density at radius 1 is 1.40 bits per heavy atom. The molecule has 0 saturated carbocycles. The zero-order valence-corrected chi connectivity index (χ0v) is 9.00. The Morgan fingerprint density at radius 2 is 2.13 bits per heavy atom. The van der Waals surface area contributed by atoms with Crippen LogP contribution in [-0.2, 0) is 4.79 Å². The Kier molecular flexibility index (Phi) is 3.94. The van der Waals surface area contributed by atoms with Crippen LogP contribution in [0.1, 0.15) is 0 Å². The van der Waals surface area contributed by atoms with Gasteiger partial charge in [-0.2, -0.15) is 0 Å². The van der Waals surface area contributed by atoms with Gasteiger partial charge in [-0.3, -0.25) is 4.79 Å². The van der Waals surface area contributed by atoms with Crippen molar-refractivity contribution in [2.24, 2.45) is 5.73 Å². The molecule has 0 saturated heterocycles. The van der Waals surface area contributed by atoms with Gasteiger partial charge in [0.1, 0.15) is 5.75 Å². The molecular weight excluding hydrogens is 216 g/mol. The Morgan fingerprint density at radius 3 is 2.87 bits per heavy atom. The summed E-state index contributed by atoms with van der Waals surface area (Å²) in [6, 6.07) is 7.48. The maximum Gasteiger partial charge on any atom is 0.265 e. The van der Waals surface area contributed by atoms with E-state index in [1.807, 2.05) is 24.3 Å². The van der Waals surface area contributed by atoms with Crippen LogP contribution in [0.15, 0.2) is 24.3 Å². The van der Waals surface area contributed by atoms with Crippen LogP contribution in [0.5, 0.6) is 5.75 Å². The lowest BCUT2D eigenvalue weighted by Gasteiger charge is -2.28. The van der Waals surface area contributed by atoms with Crippen molar-refractivity contribution in [1.82, 2.24) is 0 Å². The van der Waals surface area contributed by atoms with Crippen molar-refractivity contribution in [3.05, 3.63) is 24.3 Å². The second-order valence-electron chi connectivity index (χ2n) is 3.09. The lowest BCUT2D eigenvalue weighted by molar-refractivity contribution is -0.121. The minimum atomic E-state index is -0.0332. The van der Waals surface area contributed by atoms with E-state index in [9.17, 15) is 4.79 Å². The summed E-state index contributed by atoms with van der Waals surface area (Å²) in [5.41, 5.74) is 6.26. The van der Waals surface area contributed by atoms with Gasteiger partial charge in [0.15, 0.2) is 6.61 Å². The van der Waals surface area contributed by atoms with E-state index in [-0.39, 0.29) is 24.9 Å². The molecule has 82 valence electrons. The van der Waals surface area contributed by atoms with E-state index in [1.54, 1.807) is 4.90 Å². The van der Waals surface area contributed by atoms with Crippen molar-refractivity contribution in [1.29, 1.82) is 0 Å². The fourth-order valence-electron chi connectivity index (χ4n) is 1.53. The highest BCUT2D eigenvalue weighted by Crippen LogP contribution is 2.30. The van der Waals surface area contributed by atoms with Crippen LogP contribution in [0, 0.1) is 0 Å². The van der Waals surface area contributed by atoms with Gasteiger partial charge in [0.25, 0.3) is 5.91 Å². The summed E-state index contributed by atoms with van der Waals surface area (Å²) in [5, 5.41) is 0. The van der Waals surface area contributed by atoms with Gasteiger partial charge in [0.05, 0.1) is 5.69 Å². The molecular formula is C10H13ClN2O2. The molecule has 0 aromatic heterocycles. The Labute approximate surface area is 94.4 Å². The number of para-hydroxylation sites is 2. The molecule has 1 aliphatic heterocycles. The molecule has 0 fully saturated rings. The third-order valence-corrected chi connectivity index (χ3v) is 2.16. The fourth-order valence-corrected chi connectivity index (χ4v) is 1.53. The quantitative estimate of drug-likeness (QED) is 0.815. The molecule has 4 nitrogen and oxygen atoms in total. The number of amides is 1. The van der Waals surface area contributed by atoms with Gasteiger partial charge in [0.2, 0.25) is 0 Å². The number of halogens is 1. The minimum Gasteiger partial charge on any atom is -0.482 e. The number of hydrogen-bond acceptors (Lipinski definition) is 3.